The highest BCUT2D eigenvalue weighted by molar-refractivity contribution is 6.30. The minimum atomic E-state index is -0.171. The van der Waals surface area contributed by atoms with Crippen molar-refractivity contribution in [3.8, 4) is 0 Å². The van der Waals surface area contributed by atoms with Crippen LogP contribution in [0.2, 0.25) is 5.02 Å². The predicted octanol–water partition coefficient (Wildman–Crippen LogP) is 2.38. The Hall–Kier alpha value is -0.580. The molecule has 5 heteroatoms. The zero-order valence-electron chi connectivity index (χ0n) is 11.1. The Labute approximate surface area is 113 Å². The van der Waals surface area contributed by atoms with Gasteiger partial charge >= 0.3 is 0 Å². The Kier molecular flexibility index (Phi) is 4.30. The van der Waals surface area contributed by atoms with Crippen molar-refractivity contribution in [3.63, 3.8) is 0 Å². The molecule has 102 valence electrons. The van der Waals surface area contributed by atoms with Crippen LogP contribution in [0.15, 0.2) is 12.4 Å². The summed E-state index contributed by atoms with van der Waals surface area (Å²) < 4.78 is 1.94. The molecule has 2 atom stereocenters. The summed E-state index contributed by atoms with van der Waals surface area (Å²) >= 11 is 5.92. The van der Waals surface area contributed by atoms with Gasteiger partial charge in [-0.15, -0.1) is 0 Å². The number of aliphatic hydroxyl groups is 1. The molecule has 1 heterocycles. The third kappa shape index (κ3) is 3.05. The third-order valence-electron chi connectivity index (χ3n) is 3.66. The molecule has 1 saturated carbocycles. The van der Waals surface area contributed by atoms with Crippen molar-refractivity contribution in [2.45, 2.75) is 57.2 Å². The van der Waals surface area contributed by atoms with E-state index in [9.17, 15) is 5.11 Å². The smallest absolute Gasteiger partial charge is 0.0785 e. The average molecular weight is 272 g/mol. The highest BCUT2D eigenvalue weighted by atomic mass is 35.5. The normalized spacial score (nSPS) is 28.8. The molecule has 2 rings (SSSR count). The van der Waals surface area contributed by atoms with E-state index in [2.05, 4.69) is 24.3 Å². The van der Waals surface area contributed by atoms with Gasteiger partial charge in [-0.25, -0.2) is 0 Å². The van der Waals surface area contributed by atoms with Crippen LogP contribution in [0, 0.1) is 0 Å². The lowest BCUT2D eigenvalue weighted by Gasteiger charge is -2.41. The van der Waals surface area contributed by atoms with E-state index in [4.69, 9.17) is 11.6 Å². The number of rotatable bonds is 4. The maximum atomic E-state index is 9.74. The highest BCUT2D eigenvalue weighted by Crippen LogP contribution is 2.35. The summed E-state index contributed by atoms with van der Waals surface area (Å²) in [5.74, 6) is 0. The number of aromatic nitrogens is 2. The van der Waals surface area contributed by atoms with Crippen LogP contribution in [0.4, 0.5) is 0 Å². The van der Waals surface area contributed by atoms with E-state index in [1.807, 2.05) is 10.9 Å². The van der Waals surface area contributed by atoms with Gasteiger partial charge in [0.15, 0.2) is 0 Å². The molecule has 1 aromatic heterocycles. The van der Waals surface area contributed by atoms with Gasteiger partial charge in [-0.1, -0.05) is 25.4 Å². The molecule has 0 aromatic carbocycles. The van der Waals surface area contributed by atoms with Gasteiger partial charge in [0.1, 0.15) is 0 Å². The number of aliphatic hydroxyl groups excluding tert-OH is 1. The Morgan fingerprint density at radius 1 is 1.67 bits per heavy atom. The van der Waals surface area contributed by atoms with Gasteiger partial charge in [0.25, 0.3) is 0 Å². The van der Waals surface area contributed by atoms with Crippen molar-refractivity contribution in [3.05, 3.63) is 17.4 Å². The molecule has 2 N–H and O–H groups in total. The maximum Gasteiger partial charge on any atom is 0.0785 e. The van der Waals surface area contributed by atoms with Gasteiger partial charge in [-0.3, -0.25) is 4.68 Å². The Morgan fingerprint density at radius 3 is 3.00 bits per heavy atom. The van der Waals surface area contributed by atoms with E-state index in [0.717, 1.165) is 25.7 Å². The SMILES string of the molecule is CC(C)NC1(CO)CCCC(n2cc(Cl)cn2)C1. The van der Waals surface area contributed by atoms with E-state index >= 15 is 0 Å². The number of hydrogen-bond donors (Lipinski definition) is 2. The van der Waals surface area contributed by atoms with Crippen LogP contribution < -0.4 is 5.32 Å². The van der Waals surface area contributed by atoms with Gasteiger partial charge < -0.3 is 10.4 Å². The van der Waals surface area contributed by atoms with Gasteiger partial charge in [0, 0.05) is 17.8 Å². The molecule has 0 radical (unpaired) electrons. The van der Waals surface area contributed by atoms with Crippen molar-refractivity contribution in [2.75, 3.05) is 6.61 Å². The number of hydrogen-bond acceptors (Lipinski definition) is 3. The van der Waals surface area contributed by atoms with Crippen LogP contribution in [-0.2, 0) is 0 Å². The van der Waals surface area contributed by atoms with E-state index in [-0.39, 0.29) is 12.1 Å². The second-order valence-electron chi connectivity index (χ2n) is 5.63. The first-order valence-corrected chi connectivity index (χ1v) is 7.01. The van der Waals surface area contributed by atoms with E-state index < -0.39 is 0 Å². The molecule has 0 bridgehead atoms. The molecule has 0 aliphatic heterocycles. The lowest BCUT2D eigenvalue weighted by atomic mass is 9.79. The van der Waals surface area contributed by atoms with Gasteiger partial charge in [0.2, 0.25) is 0 Å². The molecule has 1 aromatic rings. The Balaban J connectivity index is 2.11. The first-order chi connectivity index (χ1) is 8.54. The highest BCUT2D eigenvalue weighted by Gasteiger charge is 2.37. The lowest BCUT2D eigenvalue weighted by molar-refractivity contribution is 0.0873. The predicted molar refractivity (Wildman–Crippen MR) is 72.8 cm³/mol. The molecule has 1 aliphatic carbocycles. The molecular formula is C13H22ClN3O. The van der Waals surface area contributed by atoms with Crippen LogP contribution in [0.1, 0.15) is 45.6 Å². The zero-order valence-corrected chi connectivity index (χ0v) is 11.8. The number of halogens is 1. The average Bonchev–Trinajstić information content (AvgIpc) is 2.75. The Bertz CT molecular complexity index is 393. The summed E-state index contributed by atoms with van der Waals surface area (Å²) in [6.45, 7) is 4.41. The second kappa shape index (κ2) is 5.59. The topological polar surface area (TPSA) is 50.1 Å². The first-order valence-electron chi connectivity index (χ1n) is 6.63. The summed E-state index contributed by atoms with van der Waals surface area (Å²) in [7, 11) is 0. The van der Waals surface area contributed by atoms with E-state index in [0.29, 0.717) is 17.1 Å². The molecule has 0 saturated heterocycles. The molecule has 4 nitrogen and oxygen atoms in total. The van der Waals surface area contributed by atoms with Crippen LogP contribution in [0.3, 0.4) is 0 Å². The fourth-order valence-electron chi connectivity index (χ4n) is 3.00. The first kappa shape index (κ1) is 13.8. The van der Waals surface area contributed by atoms with Crippen molar-refractivity contribution in [1.29, 1.82) is 0 Å². The maximum absolute atomic E-state index is 9.74. The summed E-state index contributed by atoms with van der Waals surface area (Å²) in [5.41, 5.74) is -0.171. The van der Waals surface area contributed by atoms with Gasteiger partial charge in [-0.05, 0) is 25.7 Å². The van der Waals surface area contributed by atoms with Crippen molar-refractivity contribution in [2.24, 2.45) is 0 Å². The molecular weight excluding hydrogens is 250 g/mol. The van der Waals surface area contributed by atoms with Gasteiger partial charge in [-0.2, -0.15) is 5.10 Å². The number of nitrogens with one attached hydrogen (secondary N) is 1. The number of nitrogens with zero attached hydrogens (tertiary/aromatic N) is 2. The van der Waals surface area contributed by atoms with Gasteiger partial charge in [0.05, 0.1) is 23.9 Å². The molecule has 1 fully saturated rings. The van der Waals surface area contributed by atoms with Crippen molar-refractivity contribution in [1.82, 2.24) is 15.1 Å². The molecule has 2 unspecified atom stereocenters. The zero-order chi connectivity index (χ0) is 13.2. The van der Waals surface area contributed by atoms with Crippen LogP contribution in [-0.4, -0.2) is 33.1 Å². The molecule has 0 amide bonds. The summed E-state index contributed by atoms with van der Waals surface area (Å²) in [6, 6.07) is 0.696. The molecule has 18 heavy (non-hydrogen) atoms. The van der Waals surface area contributed by atoms with Crippen LogP contribution in [0.25, 0.3) is 0 Å². The third-order valence-corrected chi connectivity index (χ3v) is 3.86. The monoisotopic (exact) mass is 271 g/mol. The Morgan fingerprint density at radius 2 is 2.44 bits per heavy atom. The van der Waals surface area contributed by atoms with E-state index in [1.165, 1.54) is 0 Å². The second-order valence-corrected chi connectivity index (χ2v) is 6.06. The van der Waals surface area contributed by atoms with Crippen molar-refractivity contribution >= 4 is 11.6 Å². The summed E-state index contributed by atoms with van der Waals surface area (Å²) in [5, 5.41) is 18.2. The largest absolute Gasteiger partial charge is 0.394 e. The fraction of sp³-hybridized carbons (Fsp3) is 0.769. The molecule has 1 aliphatic rings. The van der Waals surface area contributed by atoms with Crippen LogP contribution in [0.5, 0.6) is 0 Å². The quantitative estimate of drug-likeness (QED) is 0.884. The lowest BCUT2D eigenvalue weighted by Crippen LogP contribution is -2.54. The fourth-order valence-corrected chi connectivity index (χ4v) is 3.15. The standard InChI is InChI=1S/C13H22ClN3O/c1-10(2)16-13(9-18)5-3-4-12(6-13)17-8-11(14)7-15-17/h7-8,10,12,16,18H,3-6,9H2,1-2H3. The summed E-state index contributed by atoms with van der Waals surface area (Å²) in [4.78, 5) is 0. The molecule has 0 spiro atoms. The van der Waals surface area contributed by atoms with Crippen LogP contribution >= 0.6 is 11.6 Å². The van der Waals surface area contributed by atoms with E-state index in [1.54, 1.807) is 6.20 Å². The minimum Gasteiger partial charge on any atom is -0.394 e. The summed E-state index contributed by atoms with van der Waals surface area (Å²) in [6.07, 6.45) is 7.66. The van der Waals surface area contributed by atoms with Crippen molar-refractivity contribution < 1.29 is 5.11 Å². The minimum absolute atomic E-state index is 0.171.